The van der Waals surface area contributed by atoms with Gasteiger partial charge in [-0.05, 0) is 24.6 Å². The van der Waals surface area contributed by atoms with E-state index < -0.39 is 0 Å². The Morgan fingerprint density at radius 2 is 2.13 bits per heavy atom. The van der Waals surface area contributed by atoms with E-state index >= 15 is 0 Å². The summed E-state index contributed by atoms with van der Waals surface area (Å²) in [4.78, 5) is 14.8. The van der Waals surface area contributed by atoms with Crippen LogP contribution in [0.5, 0.6) is 5.75 Å². The minimum atomic E-state index is -0.322. The Bertz CT molecular complexity index is 698. The molecule has 3 heterocycles. The van der Waals surface area contributed by atoms with Gasteiger partial charge in [0.15, 0.2) is 5.78 Å². The van der Waals surface area contributed by atoms with E-state index in [1.807, 2.05) is 47.4 Å². The highest BCUT2D eigenvalue weighted by Crippen LogP contribution is 2.38. The molecule has 2 aromatic rings. The fourth-order valence-corrected chi connectivity index (χ4v) is 3.68. The quantitative estimate of drug-likeness (QED) is 0.870. The number of para-hydroxylation sites is 1. The topological polar surface area (TPSA) is 47.4 Å². The van der Waals surface area contributed by atoms with Crippen molar-refractivity contribution in [1.82, 2.24) is 14.7 Å². The molecule has 2 aliphatic heterocycles. The van der Waals surface area contributed by atoms with Gasteiger partial charge in [0.2, 0.25) is 0 Å². The first-order chi connectivity index (χ1) is 11.2. The van der Waals surface area contributed by atoms with Crippen LogP contribution in [0, 0.1) is 0 Å². The second-order valence-corrected chi connectivity index (χ2v) is 6.53. The predicted molar refractivity (Wildman–Crippen MR) is 86.6 cm³/mol. The molecular formula is C18H21N3O2. The average molecular weight is 311 g/mol. The SMILES string of the molecule is O=C1CC2(CCN(CCCn3cccn3)C2)Oc2ccccc21. The lowest BCUT2D eigenvalue weighted by atomic mass is 9.89. The van der Waals surface area contributed by atoms with Gasteiger partial charge in [-0.1, -0.05) is 12.1 Å². The zero-order valence-electron chi connectivity index (χ0n) is 13.1. The van der Waals surface area contributed by atoms with Crippen molar-refractivity contribution in [3.8, 4) is 5.75 Å². The molecule has 1 fully saturated rings. The molecule has 120 valence electrons. The molecule has 5 nitrogen and oxygen atoms in total. The molecule has 0 N–H and O–H groups in total. The van der Waals surface area contributed by atoms with Gasteiger partial charge >= 0.3 is 0 Å². The Labute approximate surface area is 135 Å². The standard InChI is InChI=1S/C18H21N3O2/c22-16-13-18(23-17-6-2-1-5-15(16)17)7-12-20(14-18)9-4-11-21-10-3-8-19-21/h1-3,5-6,8,10H,4,7,9,11-14H2. The van der Waals surface area contributed by atoms with Crippen molar-refractivity contribution in [3.05, 3.63) is 48.3 Å². The van der Waals surface area contributed by atoms with Crippen molar-refractivity contribution in [3.63, 3.8) is 0 Å². The van der Waals surface area contributed by atoms with E-state index in [2.05, 4.69) is 10.00 Å². The lowest BCUT2D eigenvalue weighted by Gasteiger charge is -2.34. The number of aromatic nitrogens is 2. The van der Waals surface area contributed by atoms with Gasteiger partial charge in [-0.2, -0.15) is 5.10 Å². The molecule has 1 unspecified atom stereocenters. The van der Waals surface area contributed by atoms with Crippen LogP contribution < -0.4 is 4.74 Å². The third-order valence-corrected chi connectivity index (χ3v) is 4.81. The molecule has 2 aliphatic rings. The second kappa shape index (κ2) is 5.81. The minimum absolute atomic E-state index is 0.213. The molecule has 0 saturated carbocycles. The van der Waals surface area contributed by atoms with Crippen LogP contribution in [0.15, 0.2) is 42.7 Å². The third-order valence-electron chi connectivity index (χ3n) is 4.81. The first-order valence-electron chi connectivity index (χ1n) is 8.25. The smallest absolute Gasteiger partial charge is 0.170 e. The van der Waals surface area contributed by atoms with Crippen molar-refractivity contribution in [1.29, 1.82) is 0 Å². The van der Waals surface area contributed by atoms with Gasteiger partial charge in [0, 0.05) is 45.0 Å². The van der Waals surface area contributed by atoms with Crippen LogP contribution in [0.25, 0.3) is 0 Å². The fraction of sp³-hybridized carbons (Fsp3) is 0.444. The van der Waals surface area contributed by atoms with Gasteiger partial charge in [-0.15, -0.1) is 0 Å². The third kappa shape index (κ3) is 2.88. The van der Waals surface area contributed by atoms with Crippen LogP contribution in [-0.2, 0) is 6.54 Å². The van der Waals surface area contributed by atoms with Gasteiger partial charge in [0.05, 0.1) is 12.0 Å². The summed E-state index contributed by atoms with van der Waals surface area (Å²) in [6.07, 6.45) is 6.28. The fourth-order valence-electron chi connectivity index (χ4n) is 3.68. The summed E-state index contributed by atoms with van der Waals surface area (Å²) in [5, 5.41) is 4.23. The number of ketones is 1. The molecule has 0 aliphatic carbocycles. The summed E-state index contributed by atoms with van der Waals surface area (Å²) in [6.45, 7) is 3.78. The number of carbonyl (C=O) groups excluding carboxylic acids is 1. The number of hydrogen-bond donors (Lipinski definition) is 0. The van der Waals surface area contributed by atoms with Gasteiger partial charge in [-0.3, -0.25) is 14.4 Å². The monoisotopic (exact) mass is 311 g/mol. The minimum Gasteiger partial charge on any atom is -0.485 e. The van der Waals surface area contributed by atoms with Crippen molar-refractivity contribution >= 4 is 5.78 Å². The van der Waals surface area contributed by atoms with Gasteiger partial charge < -0.3 is 4.74 Å². The van der Waals surface area contributed by atoms with Crippen LogP contribution in [0.1, 0.15) is 29.6 Å². The van der Waals surface area contributed by atoms with Crippen LogP contribution in [-0.4, -0.2) is 45.7 Å². The van der Waals surface area contributed by atoms with Crippen LogP contribution in [0.4, 0.5) is 0 Å². The molecule has 5 heteroatoms. The molecule has 0 amide bonds. The van der Waals surface area contributed by atoms with Crippen LogP contribution in [0.2, 0.25) is 0 Å². The van der Waals surface area contributed by atoms with Crippen molar-refractivity contribution in [2.45, 2.75) is 31.4 Å². The van der Waals surface area contributed by atoms with Crippen LogP contribution in [0.3, 0.4) is 0 Å². The van der Waals surface area contributed by atoms with E-state index in [4.69, 9.17) is 4.74 Å². The van der Waals surface area contributed by atoms with E-state index in [1.165, 1.54) is 0 Å². The number of benzene rings is 1. The number of hydrogen-bond acceptors (Lipinski definition) is 4. The number of nitrogens with zero attached hydrogens (tertiary/aromatic N) is 3. The number of rotatable bonds is 4. The Morgan fingerprint density at radius 1 is 1.22 bits per heavy atom. The Balaban J connectivity index is 1.37. The molecular weight excluding hydrogens is 290 g/mol. The van der Waals surface area contributed by atoms with Gasteiger partial charge in [0.25, 0.3) is 0 Å². The van der Waals surface area contributed by atoms with E-state index in [0.29, 0.717) is 6.42 Å². The highest BCUT2D eigenvalue weighted by Gasteiger charge is 2.45. The van der Waals surface area contributed by atoms with Crippen LogP contribution >= 0.6 is 0 Å². The summed E-state index contributed by atoms with van der Waals surface area (Å²) in [5.74, 6) is 0.965. The summed E-state index contributed by atoms with van der Waals surface area (Å²) >= 11 is 0. The summed E-state index contributed by atoms with van der Waals surface area (Å²) < 4.78 is 8.21. The van der Waals surface area contributed by atoms with Crippen molar-refractivity contribution in [2.24, 2.45) is 0 Å². The van der Waals surface area contributed by atoms with Gasteiger partial charge in [-0.25, -0.2) is 0 Å². The maximum Gasteiger partial charge on any atom is 0.170 e. The predicted octanol–water partition coefficient (Wildman–Crippen LogP) is 2.38. The molecule has 1 spiro atoms. The highest BCUT2D eigenvalue weighted by atomic mass is 16.5. The number of aryl methyl sites for hydroxylation is 1. The molecule has 23 heavy (non-hydrogen) atoms. The summed E-state index contributed by atoms with van der Waals surface area (Å²) in [5.41, 5.74) is 0.409. The lowest BCUT2D eigenvalue weighted by Crippen LogP contribution is -2.44. The molecule has 1 atom stereocenters. The van der Waals surface area contributed by atoms with E-state index in [1.54, 1.807) is 0 Å². The second-order valence-electron chi connectivity index (χ2n) is 6.53. The molecule has 1 aromatic heterocycles. The highest BCUT2D eigenvalue weighted by molar-refractivity contribution is 6.00. The zero-order chi connectivity index (χ0) is 15.7. The number of fused-ring (bicyclic) bond motifs is 1. The summed E-state index contributed by atoms with van der Waals surface area (Å²) in [7, 11) is 0. The average Bonchev–Trinajstić information content (AvgIpc) is 3.18. The molecule has 0 bridgehead atoms. The maximum atomic E-state index is 12.4. The largest absolute Gasteiger partial charge is 0.485 e. The molecule has 1 aromatic carbocycles. The lowest BCUT2D eigenvalue weighted by molar-refractivity contribution is 0.0459. The zero-order valence-corrected chi connectivity index (χ0v) is 13.1. The Morgan fingerprint density at radius 3 is 3.00 bits per heavy atom. The number of Topliss-reactive ketones (excluding diaryl/α,β-unsaturated/α-hetero) is 1. The van der Waals surface area contributed by atoms with Crippen molar-refractivity contribution < 1.29 is 9.53 Å². The normalized spacial score (nSPS) is 23.9. The number of carbonyl (C=O) groups is 1. The number of likely N-dealkylation sites (tertiary alicyclic amines) is 1. The van der Waals surface area contributed by atoms with E-state index in [0.717, 1.165) is 50.3 Å². The number of ether oxygens (including phenoxy) is 1. The molecule has 0 radical (unpaired) electrons. The molecule has 1 saturated heterocycles. The Hall–Kier alpha value is -2.14. The van der Waals surface area contributed by atoms with Gasteiger partial charge in [0.1, 0.15) is 11.4 Å². The molecule has 4 rings (SSSR count). The van der Waals surface area contributed by atoms with E-state index in [9.17, 15) is 4.79 Å². The first kappa shape index (κ1) is 14.5. The summed E-state index contributed by atoms with van der Waals surface area (Å²) in [6, 6.07) is 9.55. The first-order valence-corrected chi connectivity index (χ1v) is 8.25. The van der Waals surface area contributed by atoms with E-state index in [-0.39, 0.29) is 11.4 Å². The maximum absolute atomic E-state index is 12.4. The Kier molecular flexibility index (Phi) is 3.65. The van der Waals surface area contributed by atoms with Crippen molar-refractivity contribution in [2.75, 3.05) is 19.6 Å².